The summed E-state index contributed by atoms with van der Waals surface area (Å²) in [6, 6.07) is 8.04. The highest BCUT2D eigenvalue weighted by molar-refractivity contribution is 6.33. The van der Waals surface area contributed by atoms with Gasteiger partial charge in [0.05, 0.1) is 10.6 Å². The number of halogens is 1. The molecule has 2 saturated heterocycles. The maximum Gasteiger partial charge on any atom is 0.255 e. The summed E-state index contributed by atoms with van der Waals surface area (Å²) in [5.74, 6) is 0.495. The van der Waals surface area contributed by atoms with Crippen LogP contribution in [0.15, 0.2) is 24.3 Å². The van der Waals surface area contributed by atoms with E-state index in [4.69, 9.17) is 11.6 Å². The van der Waals surface area contributed by atoms with Crippen molar-refractivity contribution >= 4 is 23.4 Å². The van der Waals surface area contributed by atoms with Crippen molar-refractivity contribution in [1.82, 2.24) is 20.0 Å². The molecule has 3 aliphatic rings. The van der Waals surface area contributed by atoms with Gasteiger partial charge in [-0.25, -0.2) is 0 Å². The van der Waals surface area contributed by atoms with Crippen molar-refractivity contribution in [3.8, 4) is 0 Å². The summed E-state index contributed by atoms with van der Waals surface area (Å²) in [4.78, 5) is 32.3. The van der Waals surface area contributed by atoms with E-state index < -0.39 is 0 Å². The summed E-state index contributed by atoms with van der Waals surface area (Å²) in [5.41, 5.74) is 0.566. The first-order valence-corrected chi connectivity index (χ1v) is 13.7. The summed E-state index contributed by atoms with van der Waals surface area (Å²) < 4.78 is 0. The number of likely N-dealkylation sites (tertiary alicyclic amines) is 1. The lowest BCUT2D eigenvalue weighted by Gasteiger charge is -2.40. The van der Waals surface area contributed by atoms with Gasteiger partial charge in [0.15, 0.2) is 0 Å². The van der Waals surface area contributed by atoms with Gasteiger partial charge in [0.25, 0.3) is 5.91 Å². The molecule has 0 atom stereocenters. The molecule has 0 aromatic heterocycles. The van der Waals surface area contributed by atoms with E-state index in [1.165, 1.54) is 45.2 Å². The molecule has 6 nitrogen and oxygen atoms in total. The second-order valence-corrected chi connectivity index (χ2v) is 10.7. The van der Waals surface area contributed by atoms with Crippen LogP contribution >= 0.6 is 11.6 Å². The maximum absolute atomic E-state index is 12.7. The largest absolute Gasteiger partial charge is 0.356 e. The fourth-order valence-electron chi connectivity index (χ4n) is 5.81. The average Bonchev–Trinajstić information content (AvgIpc) is 2.88. The Morgan fingerprint density at radius 1 is 0.912 bits per heavy atom. The third-order valence-corrected chi connectivity index (χ3v) is 8.28. The molecule has 34 heavy (non-hydrogen) atoms. The van der Waals surface area contributed by atoms with Crippen LogP contribution in [0, 0.1) is 5.92 Å². The van der Waals surface area contributed by atoms with Crippen molar-refractivity contribution in [1.29, 1.82) is 0 Å². The molecule has 1 saturated carbocycles. The number of nitrogens with zero attached hydrogens (tertiary/aromatic N) is 3. The molecule has 2 heterocycles. The van der Waals surface area contributed by atoms with Gasteiger partial charge >= 0.3 is 0 Å². The van der Waals surface area contributed by atoms with Gasteiger partial charge in [-0.15, -0.1) is 0 Å². The van der Waals surface area contributed by atoms with Crippen molar-refractivity contribution in [3.63, 3.8) is 0 Å². The van der Waals surface area contributed by atoms with Crippen molar-refractivity contribution < 1.29 is 9.59 Å². The van der Waals surface area contributed by atoms with Crippen LogP contribution in [0.5, 0.6) is 0 Å². The van der Waals surface area contributed by atoms with E-state index in [1.54, 1.807) is 12.1 Å². The van der Waals surface area contributed by atoms with E-state index >= 15 is 0 Å². The van der Waals surface area contributed by atoms with Crippen LogP contribution < -0.4 is 5.32 Å². The van der Waals surface area contributed by atoms with Crippen molar-refractivity contribution in [2.45, 2.75) is 63.8 Å². The molecule has 1 N–H and O–H groups in total. The Balaban J connectivity index is 1.06. The Morgan fingerprint density at radius 2 is 1.62 bits per heavy atom. The summed E-state index contributed by atoms with van der Waals surface area (Å²) in [5, 5.41) is 3.62. The van der Waals surface area contributed by atoms with E-state index in [1.807, 2.05) is 17.0 Å². The van der Waals surface area contributed by atoms with Crippen molar-refractivity contribution in [2.75, 3.05) is 52.4 Å². The second kappa shape index (κ2) is 12.9. The minimum atomic E-state index is -0.00641. The Morgan fingerprint density at radius 3 is 2.32 bits per heavy atom. The lowest BCUT2D eigenvalue weighted by atomic mass is 9.93. The zero-order chi connectivity index (χ0) is 23.8. The van der Waals surface area contributed by atoms with E-state index in [-0.39, 0.29) is 11.8 Å². The van der Waals surface area contributed by atoms with Gasteiger partial charge in [0, 0.05) is 58.3 Å². The van der Waals surface area contributed by atoms with Crippen LogP contribution in [0.2, 0.25) is 5.02 Å². The number of amides is 2. The molecular weight excluding hydrogens is 448 g/mol. The lowest BCUT2D eigenvalue weighted by Crippen LogP contribution is -2.51. The Labute approximate surface area is 210 Å². The summed E-state index contributed by atoms with van der Waals surface area (Å²) >= 11 is 6.18. The highest BCUT2D eigenvalue weighted by atomic mass is 35.5. The predicted octanol–water partition coefficient (Wildman–Crippen LogP) is 4.04. The minimum Gasteiger partial charge on any atom is -0.356 e. The lowest BCUT2D eigenvalue weighted by molar-refractivity contribution is -0.122. The third kappa shape index (κ3) is 7.19. The van der Waals surface area contributed by atoms with Gasteiger partial charge in [-0.1, -0.05) is 43.0 Å². The zero-order valence-electron chi connectivity index (χ0n) is 20.5. The highest BCUT2D eigenvalue weighted by Gasteiger charge is 2.27. The molecule has 4 rings (SSSR count). The van der Waals surface area contributed by atoms with Gasteiger partial charge in [-0.2, -0.15) is 0 Å². The van der Waals surface area contributed by atoms with Gasteiger partial charge in [0.1, 0.15) is 0 Å². The topological polar surface area (TPSA) is 55.9 Å². The van der Waals surface area contributed by atoms with E-state index in [2.05, 4.69) is 15.1 Å². The molecule has 2 amide bonds. The quantitative estimate of drug-likeness (QED) is 0.561. The van der Waals surface area contributed by atoms with Gasteiger partial charge in [-0.05, 0) is 56.7 Å². The van der Waals surface area contributed by atoms with E-state index in [9.17, 15) is 9.59 Å². The molecule has 0 bridgehead atoms. The smallest absolute Gasteiger partial charge is 0.255 e. The fourth-order valence-corrected chi connectivity index (χ4v) is 6.02. The molecular formula is C27H41ClN4O2. The van der Waals surface area contributed by atoms with Crippen LogP contribution in [0.25, 0.3) is 0 Å². The number of hydrogen-bond acceptors (Lipinski definition) is 4. The molecule has 0 radical (unpaired) electrons. The molecule has 2 aliphatic heterocycles. The highest BCUT2D eigenvalue weighted by Crippen LogP contribution is 2.25. The SMILES string of the molecule is O=C(CC1CCN(C(=O)c2ccccc2Cl)CC1)NCCCN1CCN(C2CCCCC2)CC1. The monoisotopic (exact) mass is 488 g/mol. The number of carbonyl (C=O) groups is 2. The normalized spacial score (nSPS) is 21.5. The average molecular weight is 489 g/mol. The Hall–Kier alpha value is -1.63. The summed E-state index contributed by atoms with van der Waals surface area (Å²) in [6.07, 6.45) is 10.3. The van der Waals surface area contributed by atoms with Crippen molar-refractivity contribution in [3.05, 3.63) is 34.9 Å². The molecule has 188 valence electrons. The molecule has 0 unspecified atom stereocenters. The predicted molar refractivity (Wildman–Crippen MR) is 137 cm³/mol. The molecule has 1 aromatic carbocycles. The van der Waals surface area contributed by atoms with Crippen LogP contribution in [0.1, 0.15) is 68.1 Å². The Bertz CT molecular complexity index is 798. The number of nitrogens with one attached hydrogen (secondary N) is 1. The molecule has 0 spiro atoms. The number of rotatable bonds is 8. The molecule has 1 aromatic rings. The van der Waals surface area contributed by atoms with Gasteiger partial charge < -0.3 is 15.1 Å². The summed E-state index contributed by atoms with van der Waals surface area (Å²) in [6.45, 7) is 7.94. The molecule has 7 heteroatoms. The summed E-state index contributed by atoms with van der Waals surface area (Å²) in [7, 11) is 0. The van der Waals surface area contributed by atoms with Crippen LogP contribution in [0.4, 0.5) is 0 Å². The van der Waals surface area contributed by atoms with E-state index in [0.29, 0.717) is 36.0 Å². The van der Waals surface area contributed by atoms with Crippen LogP contribution in [-0.4, -0.2) is 84.9 Å². The zero-order valence-corrected chi connectivity index (χ0v) is 21.3. The first kappa shape index (κ1) is 25.5. The standard InChI is InChI=1S/C27H41ClN4O2/c28-25-10-5-4-9-24(25)27(34)32-15-11-22(12-16-32)21-26(33)29-13-6-14-30-17-19-31(20-18-30)23-7-2-1-3-8-23/h4-5,9-10,22-23H,1-3,6-8,11-21H2,(H,29,33). The van der Waals surface area contributed by atoms with Gasteiger partial charge in [-0.3, -0.25) is 14.5 Å². The van der Waals surface area contributed by atoms with Crippen LogP contribution in [-0.2, 0) is 4.79 Å². The number of carbonyl (C=O) groups excluding carboxylic acids is 2. The minimum absolute atomic E-state index is 0.00641. The number of benzene rings is 1. The van der Waals surface area contributed by atoms with Gasteiger partial charge in [0.2, 0.25) is 5.91 Å². The second-order valence-electron chi connectivity index (χ2n) is 10.3. The molecule has 1 aliphatic carbocycles. The first-order chi connectivity index (χ1) is 16.6. The third-order valence-electron chi connectivity index (χ3n) is 7.95. The Kier molecular flexibility index (Phi) is 9.66. The van der Waals surface area contributed by atoms with Crippen LogP contribution in [0.3, 0.4) is 0 Å². The van der Waals surface area contributed by atoms with E-state index in [0.717, 1.165) is 51.5 Å². The molecule has 3 fully saturated rings. The number of hydrogen-bond donors (Lipinski definition) is 1. The fraction of sp³-hybridized carbons (Fsp3) is 0.704. The number of piperidine rings is 1. The maximum atomic E-state index is 12.7. The van der Waals surface area contributed by atoms with Crippen molar-refractivity contribution in [2.24, 2.45) is 5.92 Å². The number of piperazine rings is 1. The first-order valence-electron chi connectivity index (χ1n) is 13.4.